The minimum absolute atomic E-state index is 0.881. The molecule has 0 bridgehead atoms. The van der Waals surface area contributed by atoms with Crippen molar-refractivity contribution in [2.24, 2.45) is 23.7 Å². The predicted molar refractivity (Wildman–Crippen MR) is 108 cm³/mol. The topological polar surface area (TPSA) is 0 Å². The van der Waals surface area contributed by atoms with Gasteiger partial charge in [0.05, 0.1) is 0 Å². The van der Waals surface area contributed by atoms with E-state index in [4.69, 9.17) is 0 Å². The fourth-order valence-corrected chi connectivity index (χ4v) is 3.68. The average Bonchev–Trinajstić information content (AvgIpc) is 2.47. The second kappa shape index (κ2) is 15.5. The lowest BCUT2D eigenvalue weighted by Crippen LogP contribution is -2.01. The minimum atomic E-state index is 0.881. The van der Waals surface area contributed by atoms with Crippen LogP contribution in [0.25, 0.3) is 0 Å². The molecule has 0 aromatic carbocycles. The van der Waals surface area contributed by atoms with Crippen LogP contribution in [-0.2, 0) is 0 Å². The summed E-state index contributed by atoms with van der Waals surface area (Å²) in [5, 5.41) is 0. The van der Waals surface area contributed by atoms with Crippen LogP contribution in [0.1, 0.15) is 125 Å². The first-order valence-corrected chi connectivity index (χ1v) is 11.0. The molecule has 0 heterocycles. The molecule has 0 aromatic rings. The van der Waals surface area contributed by atoms with Crippen LogP contribution in [0.4, 0.5) is 0 Å². The molecule has 0 aliphatic rings. The maximum atomic E-state index is 2.48. The second-order valence-corrected chi connectivity index (χ2v) is 9.00. The van der Waals surface area contributed by atoms with Crippen molar-refractivity contribution < 1.29 is 0 Å². The summed E-state index contributed by atoms with van der Waals surface area (Å²) in [6.45, 7) is 14.4. The molecule has 0 N–H and O–H groups in total. The van der Waals surface area contributed by atoms with Crippen LogP contribution in [0.5, 0.6) is 0 Å². The summed E-state index contributed by atoms with van der Waals surface area (Å²) in [4.78, 5) is 0. The summed E-state index contributed by atoms with van der Waals surface area (Å²) < 4.78 is 0. The van der Waals surface area contributed by atoms with E-state index in [1.165, 1.54) is 83.5 Å². The first kappa shape index (κ1) is 23.0. The van der Waals surface area contributed by atoms with Gasteiger partial charge in [0.25, 0.3) is 0 Å². The summed E-state index contributed by atoms with van der Waals surface area (Å²) in [6, 6.07) is 0. The van der Waals surface area contributed by atoms with E-state index in [0.29, 0.717) is 0 Å². The van der Waals surface area contributed by atoms with E-state index in [0.717, 1.165) is 23.7 Å². The van der Waals surface area contributed by atoms with E-state index in [1.807, 2.05) is 0 Å². The fourth-order valence-electron chi connectivity index (χ4n) is 3.68. The van der Waals surface area contributed by atoms with Crippen LogP contribution in [-0.4, -0.2) is 0 Å². The van der Waals surface area contributed by atoms with Crippen LogP contribution in [0.15, 0.2) is 0 Å². The van der Waals surface area contributed by atoms with Crippen molar-refractivity contribution in [2.75, 3.05) is 0 Å². The van der Waals surface area contributed by atoms with Gasteiger partial charge < -0.3 is 0 Å². The lowest BCUT2D eigenvalue weighted by Gasteiger charge is -2.16. The van der Waals surface area contributed by atoms with E-state index in [1.54, 1.807) is 0 Å². The molecular formula is C23H48. The molecular weight excluding hydrogens is 276 g/mol. The van der Waals surface area contributed by atoms with Gasteiger partial charge in [0.1, 0.15) is 0 Å². The third-order valence-corrected chi connectivity index (χ3v) is 5.57. The molecule has 0 spiro atoms. The van der Waals surface area contributed by atoms with Gasteiger partial charge in [0.15, 0.2) is 0 Å². The van der Waals surface area contributed by atoms with Crippen molar-refractivity contribution in [3.8, 4) is 0 Å². The number of rotatable bonds is 16. The van der Waals surface area contributed by atoms with Crippen molar-refractivity contribution in [1.29, 1.82) is 0 Å². The molecule has 0 aromatic heterocycles. The number of hydrogen-bond donors (Lipinski definition) is 0. The largest absolute Gasteiger partial charge is 0.0654 e. The first-order chi connectivity index (χ1) is 11.0. The van der Waals surface area contributed by atoms with Crippen LogP contribution < -0.4 is 0 Å². The number of hydrogen-bond acceptors (Lipinski definition) is 0. The Morgan fingerprint density at radius 1 is 0.435 bits per heavy atom. The normalized spacial score (nSPS) is 15.8. The molecule has 0 fully saturated rings. The van der Waals surface area contributed by atoms with Gasteiger partial charge in [0, 0.05) is 0 Å². The molecule has 0 unspecified atom stereocenters. The van der Waals surface area contributed by atoms with Crippen molar-refractivity contribution in [1.82, 2.24) is 0 Å². The standard InChI is InChI=1S/C23H48/c1-7-8-9-14-21(4)16-11-18-23(6)19-12-17-22(5)15-10-13-20(2)3/h20-23H,7-19H2,1-6H3/t21-,22+,23-/m0/s1. The van der Waals surface area contributed by atoms with Crippen molar-refractivity contribution in [2.45, 2.75) is 125 Å². The van der Waals surface area contributed by atoms with Gasteiger partial charge in [-0.1, -0.05) is 125 Å². The van der Waals surface area contributed by atoms with E-state index >= 15 is 0 Å². The van der Waals surface area contributed by atoms with Gasteiger partial charge in [-0.15, -0.1) is 0 Å². The lowest BCUT2D eigenvalue weighted by molar-refractivity contribution is 0.371. The van der Waals surface area contributed by atoms with Gasteiger partial charge in [0.2, 0.25) is 0 Å². The Balaban J connectivity index is 3.47. The highest BCUT2D eigenvalue weighted by Gasteiger charge is 2.08. The Morgan fingerprint density at radius 2 is 0.783 bits per heavy atom. The van der Waals surface area contributed by atoms with Gasteiger partial charge in [-0.25, -0.2) is 0 Å². The van der Waals surface area contributed by atoms with Gasteiger partial charge in [-0.05, 0) is 23.7 Å². The SMILES string of the molecule is CCCCC[C@H](C)CCC[C@H](C)CCC[C@H](C)CCCC(C)C. The third-order valence-electron chi connectivity index (χ3n) is 5.57. The van der Waals surface area contributed by atoms with E-state index in [9.17, 15) is 0 Å². The van der Waals surface area contributed by atoms with Gasteiger partial charge >= 0.3 is 0 Å². The van der Waals surface area contributed by atoms with Crippen LogP contribution >= 0.6 is 0 Å². The Morgan fingerprint density at radius 3 is 1.13 bits per heavy atom. The number of unbranched alkanes of at least 4 members (excludes halogenated alkanes) is 2. The quantitative estimate of drug-likeness (QED) is 0.249. The monoisotopic (exact) mass is 324 g/mol. The molecule has 0 heteroatoms. The molecule has 0 amide bonds. The highest BCUT2D eigenvalue weighted by Crippen LogP contribution is 2.23. The Labute approximate surface area is 149 Å². The maximum Gasteiger partial charge on any atom is -0.0443 e. The van der Waals surface area contributed by atoms with E-state index < -0.39 is 0 Å². The predicted octanol–water partition coefficient (Wildman–Crippen LogP) is 8.64. The molecule has 0 radical (unpaired) electrons. The first-order valence-electron chi connectivity index (χ1n) is 11.0. The molecule has 0 saturated carbocycles. The van der Waals surface area contributed by atoms with Gasteiger partial charge in [-0.2, -0.15) is 0 Å². The summed E-state index contributed by atoms with van der Waals surface area (Å²) in [5.74, 6) is 3.72. The zero-order valence-corrected chi connectivity index (χ0v) is 17.5. The average molecular weight is 325 g/mol. The van der Waals surface area contributed by atoms with Crippen LogP contribution in [0.2, 0.25) is 0 Å². The fraction of sp³-hybridized carbons (Fsp3) is 1.00. The summed E-state index contributed by atoms with van der Waals surface area (Å²) in [7, 11) is 0. The maximum absolute atomic E-state index is 2.48. The summed E-state index contributed by atoms with van der Waals surface area (Å²) >= 11 is 0. The zero-order valence-electron chi connectivity index (χ0n) is 17.5. The molecule has 0 aliphatic carbocycles. The molecule has 0 rings (SSSR count). The van der Waals surface area contributed by atoms with E-state index in [2.05, 4.69) is 41.5 Å². The summed E-state index contributed by atoms with van der Waals surface area (Å²) in [5.41, 5.74) is 0. The molecule has 0 nitrogen and oxygen atoms in total. The van der Waals surface area contributed by atoms with Crippen molar-refractivity contribution in [3.63, 3.8) is 0 Å². The molecule has 0 aliphatic heterocycles. The Bertz CT molecular complexity index is 230. The molecule has 140 valence electrons. The molecule has 0 saturated heterocycles. The lowest BCUT2D eigenvalue weighted by atomic mass is 9.90. The van der Waals surface area contributed by atoms with E-state index in [-0.39, 0.29) is 0 Å². The zero-order chi connectivity index (χ0) is 17.5. The highest BCUT2D eigenvalue weighted by atomic mass is 14.1. The Kier molecular flexibility index (Phi) is 15.5. The Hall–Kier alpha value is 0. The molecule has 23 heavy (non-hydrogen) atoms. The second-order valence-electron chi connectivity index (χ2n) is 9.00. The van der Waals surface area contributed by atoms with Crippen LogP contribution in [0.3, 0.4) is 0 Å². The van der Waals surface area contributed by atoms with Crippen molar-refractivity contribution in [3.05, 3.63) is 0 Å². The van der Waals surface area contributed by atoms with Crippen molar-refractivity contribution >= 4 is 0 Å². The smallest absolute Gasteiger partial charge is 0.0443 e. The van der Waals surface area contributed by atoms with Gasteiger partial charge in [-0.3, -0.25) is 0 Å². The van der Waals surface area contributed by atoms with Crippen LogP contribution in [0, 0.1) is 23.7 Å². The summed E-state index contributed by atoms with van der Waals surface area (Å²) in [6.07, 6.45) is 18.7. The highest BCUT2D eigenvalue weighted by molar-refractivity contribution is 4.61. The molecule has 3 atom stereocenters. The third kappa shape index (κ3) is 16.6. The minimum Gasteiger partial charge on any atom is -0.0654 e.